The highest BCUT2D eigenvalue weighted by Gasteiger charge is 2.40. The molecule has 0 spiro atoms. The highest BCUT2D eigenvalue weighted by molar-refractivity contribution is 5.36. The van der Waals surface area contributed by atoms with Crippen molar-refractivity contribution in [3.05, 3.63) is 29.1 Å². The van der Waals surface area contributed by atoms with Crippen LogP contribution in [-0.2, 0) is 6.42 Å². The number of hydrogen-bond acceptors (Lipinski definition) is 2. The van der Waals surface area contributed by atoms with Crippen LogP contribution >= 0.6 is 0 Å². The maximum Gasteiger partial charge on any atom is 0.168 e. The van der Waals surface area contributed by atoms with Crippen molar-refractivity contribution in [3.63, 3.8) is 0 Å². The third-order valence-electron chi connectivity index (χ3n) is 2.62. The molecular formula is C11H13FO2. The average molecular weight is 196 g/mol. The van der Waals surface area contributed by atoms with Crippen molar-refractivity contribution >= 4 is 0 Å². The third kappa shape index (κ3) is 1.73. The molecule has 1 aromatic rings. The summed E-state index contributed by atoms with van der Waals surface area (Å²) in [6, 6.07) is 3.06. The number of aromatic hydroxyl groups is 1. The summed E-state index contributed by atoms with van der Waals surface area (Å²) in [5, 5.41) is 18.9. The van der Waals surface area contributed by atoms with Gasteiger partial charge in [0.2, 0.25) is 0 Å². The van der Waals surface area contributed by atoms with Crippen molar-refractivity contribution in [2.75, 3.05) is 0 Å². The predicted octanol–water partition coefficient (Wildman–Crippen LogP) is 1.91. The second kappa shape index (κ2) is 2.95. The minimum atomic E-state index is -0.721. The van der Waals surface area contributed by atoms with Crippen LogP contribution in [0.15, 0.2) is 12.1 Å². The van der Waals surface area contributed by atoms with Crippen molar-refractivity contribution in [1.82, 2.24) is 0 Å². The Kier molecular flexibility index (Phi) is 2.00. The quantitative estimate of drug-likeness (QED) is 0.758. The van der Waals surface area contributed by atoms with Crippen LogP contribution in [0.5, 0.6) is 5.75 Å². The zero-order valence-corrected chi connectivity index (χ0v) is 8.05. The van der Waals surface area contributed by atoms with Crippen molar-refractivity contribution in [2.45, 2.75) is 31.8 Å². The molecule has 0 bridgehead atoms. The van der Waals surface area contributed by atoms with E-state index in [4.69, 9.17) is 0 Å². The van der Waals surface area contributed by atoms with Crippen molar-refractivity contribution in [2.24, 2.45) is 0 Å². The molecule has 14 heavy (non-hydrogen) atoms. The summed E-state index contributed by atoms with van der Waals surface area (Å²) >= 11 is 0. The molecule has 0 unspecified atom stereocenters. The van der Waals surface area contributed by atoms with Gasteiger partial charge in [0.25, 0.3) is 0 Å². The Morgan fingerprint density at radius 3 is 2.64 bits per heavy atom. The lowest BCUT2D eigenvalue weighted by molar-refractivity contribution is 0.149. The maximum atomic E-state index is 13.4. The normalized spacial score (nSPS) is 18.2. The van der Waals surface area contributed by atoms with Crippen molar-refractivity contribution < 1.29 is 14.6 Å². The van der Waals surface area contributed by atoms with E-state index in [9.17, 15) is 14.6 Å². The zero-order chi connectivity index (χ0) is 10.3. The Morgan fingerprint density at radius 2 is 2.07 bits per heavy atom. The summed E-state index contributed by atoms with van der Waals surface area (Å²) in [7, 11) is 0. The molecule has 2 rings (SSSR count). The lowest BCUT2D eigenvalue weighted by Crippen LogP contribution is -2.12. The minimum Gasteiger partial charge on any atom is -0.505 e. The van der Waals surface area contributed by atoms with E-state index in [-0.39, 0.29) is 5.75 Å². The number of aliphatic hydroxyl groups is 1. The second-order valence-corrected chi connectivity index (χ2v) is 4.16. The first-order valence-corrected chi connectivity index (χ1v) is 4.71. The first kappa shape index (κ1) is 9.46. The van der Waals surface area contributed by atoms with E-state index in [1.807, 2.05) is 0 Å². The smallest absolute Gasteiger partial charge is 0.168 e. The van der Waals surface area contributed by atoms with Crippen LogP contribution in [0, 0.1) is 12.7 Å². The van der Waals surface area contributed by atoms with Gasteiger partial charge in [-0.25, -0.2) is 4.39 Å². The van der Waals surface area contributed by atoms with Gasteiger partial charge >= 0.3 is 0 Å². The van der Waals surface area contributed by atoms with Gasteiger partial charge in [-0.1, -0.05) is 6.07 Å². The Labute approximate surface area is 82.0 Å². The fourth-order valence-electron chi connectivity index (χ4n) is 1.63. The second-order valence-electron chi connectivity index (χ2n) is 4.16. The summed E-state index contributed by atoms with van der Waals surface area (Å²) in [5.74, 6) is -0.930. The van der Waals surface area contributed by atoms with Gasteiger partial charge in [0.1, 0.15) is 0 Å². The van der Waals surface area contributed by atoms with Gasteiger partial charge < -0.3 is 10.2 Å². The Hall–Kier alpha value is -1.09. The van der Waals surface area contributed by atoms with Crippen LogP contribution < -0.4 is 0 Å². The summed E-state index contributed by atoms with van der Waals surface area (Å²) in [6.45, 7) is 1.79. The van der Waals surface area contributed by atoms with Crippen LogP contribution in [0.2, 0.25) is 0 Å². The van der Waals surface area contributed by atoms with Crippen LogP contribution in [-0.4, -0.2) is 15.8 Å². The third-order valence-corrected chi connectivity index (χ3v) is 2.62. The molecule has 1 aliphatic carbocycles. The summed E-state index contributed by atoms with van der Waals surface area (Å²) < 4.78 is 13.4. The van der Waals surface area contributed by atoms with E-state index in [1.165, 1.54) is 6.07 Å². The molecule has 0 heterocycles. The molecule has 1 saturated carbocycles. The van der Waals surface area contributed by atoms with Crippen LogP contribution in [0.3, 0.4) is 0 Å². The lowest BCUT2D eigenvalue weighted by Gasteiger charge is -2.10. The molecule has 1 aliphatic rings. The van der Waals surface area contributed by atoms with E-state index in [2.05, 4.69) is 0 Å². The number of hydrogen-bond donors (Lipinski definition) is 2. The van der Waals surface area contributed by atoms with Gasteiger partial charge in [-0.2, -0.15) is 0 Å². The molecule has 0 amide bonds. The van der Waals surface area contributed by atoms with Crippen molar-refractivity contribution in [1.29, 1.82) is 0 Å². The van der Waals surface area contributed by atoms with Crippen molar-refractivity contribution in [3.8, 4) is 5.75 Å². The Balaban J connectivity index is 2.32. The summed E-state index contributed by atoms with van der Waals surface area (Å²) in [5.41, 5.74) is 0.492. The van der Waals surface area contributed by atoms with E-state index in [0.717, 1.165) is 18.4 Å². The molecule has 0 radical (unpaired) electrons. The Morgan fingerprint density at radius 1 is 1.43 bits per heavy atom. The van der Waals surface area contributed by atoms with Crippen LogP contribution in [0.4, 0.5) is 4.39 Å². The first-order valence-electron chi connectivity index (χ1n) is 4.71. The topological polar surface area (TPSA) is 40.5 Å². The van der Waals surface area contributed by atoms with Crippen LogP contribution in [0.25, 0.3) is 0 Å². The summed E-state index contributed by atoms with van der Waals surface area (Å²) in [4.78, 5) is 0. The SMILES string of the molecule is Cc1cc(O)c(F)c(CC2(O)CC2)c1. The first-order chi connectivity index (χ1) is 6.50. The average Bonchev–Trinajstić information content (AvgIpc) is 2.79. The Bertz CT molecular complexity index is 370. The molecule has 76 valence electrons. The molecule has 0 atom stereocenters. The standard InChI is InChI=1S/C11H13FO2/c1-7-4-8(6-11(14)2-3-11)10(12)9(13)5-7/h4-5,13-14H,2-3,6H2,1H3. The van der Waals surface area contributed by atoms with Gasteiger partial charge in [0.15, 0.2) is 11.6 Å². The molecule has 0 aliphatic heterocycles. The van der Waals surface area contributed by atoms with E-state index < -0.39 is 11.4 Å². The molecule has 2 nitrogen and oxygen atoms in total. The van der Waals surface area contributed by atoms with E-state index in [1.54, 1.807) is 13.0 Å². The molecule has 1 fully saturated rings. The highest BCUT2D eigenvalue weighted by atomic mass is 19.1. The van der Waals surface area contributed by atoms with Gasteiger partial charge in [-0.3, -0.25) is 0 Å². The molecule has 1 aromatic carbocycles. The fourth-order valence-corrected chi connectivity index (χ4v) is 1.63. The molecular weight excluding hydrogens is 183 g/mol. The van der Waals surface area contributed by atoms with Crippen LogP contribution in [0.1, 0.15) is 24.0 Å². The number of phenolic OH excluding ortho intramolecular Hbond substituents is 1. The van der Waals surface area contributed by atoms with Gasteiger partial charge in [0.05, 0.1) is 5.60 Å². The fraction of sp³-hybridized carbons (Fsp3) is 0.455. The number of aryl methyl sites for hydroxylation is 1. The molecule has 2 N–H and O–H groups in total. The molecule has 0 saturated heterocycles. The largest absolute Gasteiger partial charge is 0.505 e. The summed E-state index contributed by atoms with van der Waals surface area (Å²) in [6.07, 6.45) is 1.75. The maximum absolute atomic E-state index is 13.4. The zero-order valence-electron chi connectivity index (χ0n) is 8.05. The van der Waals surface area contributed by atoms with Gasteiger partial charge in [-0.05, 0) is 37.0 Å². The highest BCUT2D eigenvalue weighted by Crippen LogP contribution is 2.39. The van der Waals surface area contributed by atoms with E-state index in [0.29, 0.717) is 12.0 Å². The number of phenols is 1. The molecule has 0 aromatic heterocycles. The van der Waals surface area contributed by atoms with Gasteiger partial charge in [0, 0.05) is 6.42 Å². The number of halogens is 1. The monoisotopic (exact) mass is 196 g/mol. The molecule has 3 heteroatoms. The van der Waals surface area contributed by atoms with E-state index >= 15 is 0 Å². The number of rotatable bonds is 2. The number of benzene rings is 1. The van der Waals surface area contributed by atoms with Gasteiger partial charge in [-0.15, -0.1) is 0 Å². The minimum absolute atomic E-state index is 0.300. The predicted molar refractivity (Wildman–Crippen MR) is 50.7 cm³/mol. The lowest BCUT2D eigenvalue weighted by atomic mass is 10.0.